The van der Waals surface area contributed by atoms with Crippen molar-refractivity contribution in [2.75, 3.05) is 0 Å². The summed E-state index contributed by atoms with van der Waals surface area (Å²) in [6.45, 7) is 0. The van der Waals surface area contributed by atoms with Crippen LogP contribution < -0.4 is 5.43 Å². The number of hydrazone groups is 1. The van der Waals surface area contributed by atoms with Gasteiger partial charge < -0.3 is 0 Å². The highest BCUT2D eigenvalue weighted by molar-refractivity contribution is 7.11. The molecule has 130 valence electrons. The number of rotatable bonds is 4. The van der Waals surface area contributed by atoms with Crippen LogP contribution in [0.1, 0.15) is 59.6 Å². The molecule has 4 bridgehead atoms. The van der Waals surface area contributed by atoms with Crippen LogP contribution in [0.3, 0.4) is 0 Å². The van der Waals surface area contributed by atoms with Crippen molar-refractivity contribution in [3.05, 3.63) is 39.8 Å². The van der Waals surface area contributed by atoms with Gasteiger partial charge in [0.05, 0.1) is 6.21 Å². The molecule has 2 aromatic rings. The van der Waals surface area contributed by atoms with E-state index in [0.717, 1.165) is 22.6 Å². The third-order valence-electron chi connectivity index (χ3n) is 6.32. The summed E-state index contributed by atoms with van der Waals surface area (Å²) in [5.74, 6) is 2.38. The maximum atomic E-state index is 12.3. The molecule has 0 radical (unpaired) electrons. The molecule has 4 saturated carbocycles. The van der Waals surface area contributed by atoms with Gasteiger partial charge in [0.1, 0.15) is 0 Å². The molecule has 4 aliphatic rings. The molecule has 2 aromatic heterocycles. The molecular weight excluding hydrogens is 332 g/mol. The number of aromatic nitrogens is 2. The molecule has 4 fully saturated rings. The molecule has 2 heterocycles. The Bertz CT molecular complexity index is 772. The molecule has 0 atom stereocenters. The molecule has 0 aromatic carbocycles. The summed E-state index contributed by atoms with van der Waals surface area (Å²) >= 11 is 1.58. The molecule has 0 saturated heterocycles. The van der Waals surface area contributed by atoms with Gasteiger partial charge in [-0.25, -0.2) is 5.43 Å². The fourth-order valence-corrected chi connectivity index (χ4v) is 6.31. The maximum absolute atomic E-state index is 12.3. The second-order valence-electron chi connectivity index (χ2n) is 8.08. The Labute approximate surface area is 150 Å². The van der Waals surface area contributed by atoms with E-state index in [0.29, 0.717) is 5.69 Å². The quantitative estimate of drug-likeness (QED) is 0.649. The molecule has 25 heavy (non-hydrogen) atoms. The minimum absolute atomic E-state index is 0.237. The van der Waals surface area contributed by atoms with Gasteiger partial charge in [0, 0.05) is 16.0 Å². The minimum atomic E-state index is -0.250. The van der Waals surface area contributed by atoms with E-state index in [9.17, 15) is 4.79 Å². The first-order chi connectivity index (χ1) is 12.2. The molecular formula is C19H22N4OS. The van der Waals surface area contributed by atoms with Crippen LogP contribution in [0, 0.1) is 17.8 Å². The second kappa shape index (κ2) is 5.80. The van der Waals surface area contributed by atoms with E-state index in [4.69, 9.17) is 0 Å². The van der Waals surface area contributed by atoms with Crippen molar-refractivity contribution in [2.24, 2.45) is 22.9 Å². The van der Waals surface area contributed by atoms with E-state index in [2.05, 4.69) is 20.7 Å². The predicted molar refractivity (Wildman–Crippen MR) is 97.8 cm³/mol. The lowest BCUT2D eigenvalue weighted by molar-refractivity contribution is -0.00721. The number of carbonyl (C=O) groups excluding carboxylic acids is 1. The van der Waals surface area contributed by atoms with Crippen LogP contribution in [-0.4, -0.2) is 22.3 Å². The molecule has 0 aliphatic heterocycles. The van der Waals surface area contributed by atoms with Crippen molar-refractivity contribution < 1.29 is 4.79 Å². The standard InChI is InChI=1S/C19H22N4OS/c24-18(23-20-11-15-2-1-3-25-15)16-7-17(22-21-16)19-8-12-4-13(9-19)6-14(5-12)10-19/h1-3,7,11-14H,4-6,8-10H2,(H,21,22)(H,23,24). The van der Waals surface area contributed by atoms with Crippen molar-refractivity contribution in [3.63, 3.8) is 0 Å². The van der Waals surface area contributed by atoms with Gasteiger partial charge in [-0.1, -0.05) is 6.07 Å². The Kier molecular flexibility index (Phi) is 3.55. The Balaban J connectivity index is 1.31. The van der Waals surface area contributed by atoms with Gasteiger partial charge in [-0.15, -0.1) is 11.3 Å². The summed E-state index contributed by atoms with van der Waals surface area (Å²) < 4.78 is 0. The number of amides is 1. The minimum Gasteiger partial charge on any atom is -0.281 e. The first-order valence-electron chi connectivity index (χ1n) is 9.13. The van der Waals surface area contributed by atoms with Crippen LogP contribution in [0.25, 0.3) is 0 Å². The zero-order valence-corrected chi connectivity index (χ0v) is 14.9. The van der Waals surface area contributed by atoms with Crippen molar-refractivity contribution in [1.29, 1.82) is 0 Å². The molecule has 2 N–H and O–H groups in total. The van der Waals surface area contributed by atoms with Gasteiger partial charge in [-0.05, 0) is 73.8 Å². The number of nitrogens with zero attached hydrogens (tertiary/aromatic N) is 2. The lowest BCUT2D eigenvalue weighted by Gasteiger charge is -2.56. The van der Waals surface area contributed by atoms with Crippen LogP contribution in [0.4, 0.5) is 0 Å². The summed E-state index contributed by atoms with van der Waals surface area (Å²) in [6.07, 6.45) is 9.69. The SMILES string of the molecule is O=C(NN=Cc1cccs1)c1cc(C23CC4CC(CC(C4)C2)C3)[nH]n1. The average molecular weight is 354 g/mol. The second-order valence-corrected chi connectivity index (χ2v) is 9.06. The largest absolute Gasteiger partial charge is 0.291 e. The third-order valence-corrected chi connectivity index (χ3v) is 7.13. The number of aromatic amines is 1. The van der Waals surface area contributed by atoms with Gasteiger partial charge in [0.2, 0.25) is 0 Å². The lowest BCUT2D eigenvalue weighted by atomic mass is 9.49. The number of hydrogen-bond acceptors (Lipinski definition) is 4. The van der Waals surface area contributed by atoms with Crippen molar-refractivity contribution in [2.45, 2.75) is 43.9 Å². The summed E-state index contributed by atoms with van der Waals surface area (Å²) in [5.41, 5.74) is 4.42. The zero-order chi connectivity index (χ0) is 16.9. The van der Waals surface area contributed by atoms with E-state index in [1.54, 1.807) is 17.6 Å². The summed E-state index contributed by atoms with van der Waals surface area (Å²) in [7, 11) is 0. The molecule has 6 heteroatoms. The van der Waals surface area contributed by atoms with Crippen LogP contribution >= 0.6 is 11.3 Å². The zero-order valence-electron chi connectivity index (χ0n) is 14.1. The highest BCUT2D eigenvalue weighted by atomic mass is 32.1. The number of hydrogen-bond donors (Lipinski definition) is 2. The van der Waals surface area contributed by atoms with E-state index in [-0.39, 0.29) is 11.3 Å². The Hall–Kier alpha value is -1.95. The number of H-pyrrole nitrogens is 1. The first-order valence-corrected chi connectivity index (χ1v) is 10.0. The van der Waals surface area contributed by atoms with E-state index in [1.807, 2.05) is 23.6 Å². The highest BCUT2D eigenvalue weighted by Crippen LogP contribution is 2.60. The summed E-state index contributed by atoms with van der Waals surface area (Å²) in [5, 5.41) is 13.5. The van der Waals surface area contributed by atoms with Gasteiger partial charge >= 0.3 is 0 Å². The fourth-order valence-electron chi connectivity index (χ4n) is 5.73. The Morgan fingerprint density at radius 1 is 1.28 bits per heavy atom. The monoisotopic (exact) mass is 354 g/mol. The molecule has 6 rings (SSSR count). The average Bonchev–Trinajstić information content (AvgIpc) is 3.26. The van der Waals surface area contributed by atoms with Crippen LogP contribution in [-0.2, 0) is 5.41 Å². The number of carbonyl (C=O) groups is 1. The van der Waals surface area contributed by atoms with Crippen molar-refractivity contribution >= 4 is 23.5 Å². The summed E-state index contributed by atoms with van der Waals surface area (Å²) in [6, 6.07) is 5.88. The topological polar surface area (TPSA) is 70.1 Å². The smallest absolute Gasteiger partial charge is 0.281 e. The van der Waals surface area contributed by atoms with Crippen LogP contribution in [0.5, 0.6) is 0 Å². The van der Waals surface area contributed by atoms with E-state index < -0.39 is 0 Å². The van der Waals surface area contributed by atoms with Gasteiger partial charge in [-0.2, -0.15) is 10.2 Å². The molecule has 0 unspecified atom stereocenters. The molecule has 1 amide bonds. The number of nitrogens with one attached hydrogen (secondary N) is 2. The fraction of sp³-hybridized carbons (Fsp3) is 0.526. The van der Waals surface area contributed by atoms with Crippen LogP contribution in [0.15, 0.2) is 28.7 Å². The van der Waals surface area contributed by atoms with E-state index in [1.165, 1.54) is 44.2 Å². The molecule has 4 aliphatic carbocycles. The lowest BCUT2D eigenvalue weighted by Crippen LogP contribution is -2.48. The Morgan fingerprint density at radius 2 is 2.00 bits per heavy atom. The van der Waals surface area contributed by atoms with Crippen LogP contribution in [0.2, 0.25) is 0 Å². The maximum Gasteiger partial charge on any atom is 0.291 e. The highest BCUT2D eigenvalue weighted by Gasteiger charge is 2.52. The van der Waals surface area contributed by atoms with Gasteiger partial charge in [0.25, 0.3) is 5.91 Å². The Morgan fingerprint density at radius 3 is 2.64 bits per heavy atom. The van der Waals surface area contributed by atoms with Crippen molar-refractivity contribution in [1.82, 2.24) is 15.6 Å². The van der Waals surface area contributed by atoms with Crippen molar-refractivity contribution in [3.8, 4) is 0 Å². The number of thiophene rings is 1. The third kappa shape index (κ3) is 2.72. The summed E-state index contributed by atoms with van der Waals surface area (Å²) in [4.78, 5) is 13.3. The van der Waals surface area contributed by atoms with E-state index >= 15 is 0 Å². The molecule has 5 nitrogen and oxygen atoms in total. The molecule has 0 spiro atoms. The normalized spacial score (nSPS) is 33.2. The predicted octanol–water partition coefficient (Wildman–Crippen LogP) is 3.70. The van der Waals surface area contributed by atoms with Gasteiger partial charge in [0.15, 0.2) is 5.69 Å². The van der Waals surface area contributed by atoms with Gasteiger partial charge in [-0.3, -0.25) is 9.89 Å². The first kappa shape index (κ1) is 15.3.